The molecule has 2 atom stereocenters. The molecular formula is C13H25N3O3. The van der Waals surface area contributed by atoms with Gasteiger partial charge < -0.3 is 20.6 Å². The molecule has 0 bridgehead atoms. The zero-order chi connectivity index (χ0) is 14.4. The van der Waals surface area contributed by atoms with Crippen LogP contribution in [0.1, 0.15) is 33.1 Å². The van der Waals surface area contributed by atoms with Crippen LogP contribution in [0.25, 0.3) is 0 Å². The standard InChI is InChI=1S/C13H25N3O3/c1-4-9(2)11(12(17)18)15-13(19)16(3)10-5-7-14-8-6-10/h9-11,14H,4-8H2,1-3H3,(H,15,19)(H,17,18)/t9?,11-/m0/s1. The van der Waals surface area contributed by atoms with Crippen molar-refractivity contribution in [2.45, 2.75) is 45.2 Å². The highest BCUT2D eigenvalue weighted by atomic mass is 16.4. The highest BCUT2D eigenvalue weighted by molar-refractivity contribution is 5.82. The monoisotopic (exact) mass is 271 g/mol. The van der Waals surface area contributed by atoms with Crippen molar-refractivity contribution >= 4 is 12.0 Å². The summed E-state index contributed by atoms with van der Waals surface area (Å²) >= 11 is 0. The van der Waals surface area contributed by atoms with E-state index >= 15 is 0 Å². The van der Waals surface area contributed by atoms with Gasteiger partial charge >= 0.3 is 12.0 Å². The number of nitrogens with one attached hydrogen (secondary N) is 2. The molecule has 0 aromatic rings. The second-order valence-electron chi connectivity index (χ2n) is 5.24. The molecule has 0 aromatic carbocycles. The molecule has 6 nitrogen and oxygen atoms in total. The Kier molecular flexibility index (Phi) is 6.08. The first-order chi connectivity index (χ1) is 8.97. The number of rotatable bonds is 5. The molecule has 0 spiro atoms. The van der Waals surface area contributed by atoms with Gasteiger partial charge in [-0.15, -0.1) is 0 Å². The molecule has 19 heavy (non-hydrogen) atoms. The average molecular weight is 271 g/mol. The van der Waals surface area contributed by atoms with Crippen LogP contribution in [0.2, 0.25) is 0 Å². The van der Waals surface area contributed by atoms with Gasteiger partial charge in [-0.25, -0.2) is 9.59 Å². The van der Waals surface area contributed by atoms with Crippen LogP contribution in [0, 0.1) is 5.92 Å². The van der Waals surface area contributed by atoms with Crippen LogP contribution in [-0.2, 0) is 4.79 Å². The van der Waals surface area contributed by atoms with Gasteiger partial charge in [0, 0.05) is 13.1 Å². The number of hydrogen-bond acceptors (Lipinski definition) is 3. The van der Waals surface area contributed by atoms with E-state index in [0.29, 0.717) is 6.42 Å². The van der Waals surface area contributed by atoms with Gasteiger partial charge in [-0.1, -0.05) is 20.3 Å². The van der Waals surface area contributed by atoms with Crippen LogP contribution in [0.15, 0.2) is 0 Å². The molecular weight excluding hydrogens is 246 g/mol. The molecule has 1 aliphatic heterocycles. The number of urea groups is 1. The third kappa shape index (κ3) is 4.38. The van der Waals surface area contributed by atoms with Gasteiger partial charge in [0.05, 0.1) is 0 Å². The maximum Gasteiger partial charge on any atom is 0.326 e. The number of carboxylic acid groups (broad SMARTS) is 1. The first-order valence-corrected chi connectivity index (χ1v) is 6.94. The highest BCUT2D eigenvalue weighted by Crippen LogP contribution is 2.12. The van der Waals surface area contributed by atoms with Gasteiger partial charge in [-0.2, -0.15) is 0 Å². The molecule has 0 saturated carbocycles. The fourth-order valence-corrected chi connectivity index (χ4v) is 2.28. The number of carboxylic acids is 1. The Morgan fingerprint density at radius 3 is 2.47 bits per heavy atom. The smallest absolute Gasteiger partial charge is 0.326 e. The van der Waals surface area contributed by atoms with Gasteiger partial charge in [0.1, 0.15) is 6.04 Å². The summed E-state index contributed by atoms with van der Waals surface area (Å²) in [6.07, 6.45) is 2.53. The lowest BCUT2D eigenvalue weighted by molar-refractivity contribution is -0.140. The Hall–Kier alpha value is -1.30. The summed E-state index contributed by atoms with van der Waals surface area (Å²) in [5.41, 5.74) is 0. The zero-order valence-electron chi connectivity index (χ0n) is 12.0. The van der Waals surface area contributed by atoms with E-state index in [-0.39, 0.29) is 18.0 Å². The Balaban J connectivity index is 2.57. The molecule has 1 fully saturated rings. The predicted octanol–water partition coefficient (Wildman–Crippen LogP) is 0.879. The zero-order valence-corrected chi connectivity index (χ0v) is 12.0. The normalized spacial score (nSPS) is 19.5. The van der Waals surface area contributed by atoms with Crippen molar-refractivity contribution < 1.29 is 14.7 Å². The van der Waals surface area contributed by atoms with E-state index in [0.717, 1.165) is 25.9 Å². The number of aliphatic carboxylic acids is 1. The quantitative estimate of drug-likeness (QED) is 0.693. The molecule has 1 aliphatic rings. The summed E-state index contributed by atoms with van der Waals surface area (Å²) in [5, 5.41) is 15.0. The predicted molar refractivity (Wildman–Crippen MR) is 73.1 cm³/mol. The first-order valence-electron chi connectivity index (χ1n) is 6.94. The van der Waals surface area contributed by atoms with Crippen molar-refractivity contribution in [2.24, 2.45) is 5.92 Å². The van der Waals surface area contributed by atoms with Crippen molar-refractivity contribution in [3.63, 3.8) is 0 Å². The van der Waals surface area contributed by atoms with Crippen molar-refractivity contribution in [3.05, 3.63) is 0 Å². The van der Waals surface area contributed by atoms with Gasteiger partial charge in [0.2, 0.25) is 0 Å². The second-order valence-corrected chi connectivity index (χ2v) is 5.24. The van der Waals surface area contributed by atoms with Gasteiger partial charge in [0.15, 0.2) is 0 Å². The molecule has 6 heteroatoms. The van der Waals surface area contributed by atoms with Crippen molar-refractivity contribution in [1.29, 1.82) is 0 Å². The van der Waals surface area contributed by atoms with E-state index in [9.17, 15) is 14.7 Å². The summed E-state index contributed by atoms with van der Waals surface area (Å²) in [6, 6.07) is -0.922. The van der Waals surface area contributed by atoms with Gasteiger partial charge in [0.25, 0.3) is 0 Å². The lowest BCUT2D eigenvalue weighted by Crippen LogP contribution is -2.53. The maximum atomic E-state index is 12.1. The maximum absolute atomic E-state index is 12.1. The molecule has 1 unspecified atom stereocenters. The summed E-state index contributed by atoms with van der Waals surface area (Å²) in [5.74, 6) is -1.05. The fraction of sp³-hybridized carbons (Fsp3) is 0.846. The Labute approximate surface area is 114 Å². The summed E-state index contributed by atoms with van der Waals surface area (Å²) in [6.45, 7) is 5.55. The fourth-order valence-electron chi connectivity index (χ4n) is 2.28. The third-order valence-electron chi connectivity index (χ3n) is 3.93. The van der Waals surface area contributed by atoms with Gasteiger partial charge in [-0.3, -0.25) is 0 Å². The lowest BCUT2D eigenvalue weighted by atomic mass is 9.99. The topological polar surface area (TPSA) is 81.7 Å². The van der Waals surface area contributed by atoms with E-state index in [1.807, 2.05) is 13.8 Å². The Morgan fingerprint density at radius 2 is 2.00 bits per heavy atom. The van der Waals surface area contributed by atoms with Gasteiger partial charge in [-0.05, 0) is 31.8 Å². The summed E-state index contributed by atoms with van der Waals surface area (Å²) in [7, 11) is 1.74. The molecule has 1 rings (SSSR count). The van der Waals surface area contributed by atoms with E-state index < -0.39 is 12.0 Å². The molecule has 1 saturated heterocycles. The number of amides is 2. The third-order valence-corrected chi connectivity index (χ3v) is 3.93. The minimum absolute atomic E-state index is 0.0807. The van der Waals surface area contributed by atoms with Crippen LogP contribution < -0.4 is 10.6 Å². The van der Waals surface area contributed by atoms with Crippen molar-refractivity contribution in [2.75, 3.05) is 20.1 Å². The van der Waals surface area contributed by atoms with E-state index in [4.69, 9.17) is 0 Å². The largest absolute Gasteiger partial charge is 0.480 e. The second kappa shape index (κ2) is 7.33. The molecule has 0 aliphatic carbocycles. The van der Waals surface area contributed by atoms with Crippen LogP contribution in [-0.4, -0.2) is 54.2 Å². The van der Waals surface area contributed by atoms with E-state index in [2.05, 4.69) is 10.6 Å². The highest BCUT2D eigenvalue weighted by Gasteiger charge is 2.29. The van der Waals surface area contributed by atoms with Crippen LogP contribution in [0.4, 0.5) is 4.79 Å². The number of piperidine rings is 1. The number of carbonyl (C=O) groups is 2. The first kappa shape index (κ1) is 15.8. The van der Waals surface area contributed by atoms with E-state index in [1.54, 1.807) is 11.9 Å². The minimum atomic E-state index is -0.971. The molecule has 2 amide bonds. The minimum Gasteiger partial charge on any atom is -0.480 e. The molecule has 3 N–H and O–H groups in total. The van der Waals surface area contributed by atoms with Crippen LogP contribution in [0.3, 0.4) is 0 Å². The van der Waals surface area contributed by atoms with Crippen molar-refractivity contribution in [1.82, 2.24) is 15.5 Å². The SMILES string of the molecule is CCC(C)[C@H](NC(=O)N(C)C1CCNCC1)C(=O)O. The van der Waals surface area contributed by atoms with Crippen molar-refractivity contribution in [3.8, 4) is 0 Å². The number of hydrogen-bond donors (Lipinski definition) is 3. The number of nitrogens with zero attached hydrogens (tertiary/aromatic N) is 1. The summed E-state index contributed by atoms with van der Waals surface area (Å²) in [4.78, 5) is 24.9. The number of carbonyl (C=O) groups excluding carboxylic acids is 1. The average Bonchev–Trinajstić information content (AvgIpc) is 2.43. The van der Waals surface area contributed by atoms with Crippen LogP contribution in [0.5, 0.6) is 0 Å². The molecule has 110 valence electrons. The molecule has 1 heterocycles. The Morgan fingerprint density at radius 1 is 1.42 bits per heavy atom. The van der Waals surface area contributed by atoms with E-state index in [1.165, 1.54) is 0 Å². The molecule has 0 radical (unpaired) electrons. The van der Waals surface area contributed by atoms with Crippen LogP contribution >= 0.6 is 0 Å². The Bertz CT molecular complexity index is 316. The lowest BCUT2D eigenvalue weighted by Gasteiger charge is -2.33. The summed E-state index contributed by atoms with van der Waals surface area (Å²) < 4.78 is 0. The molecule has 0 aromatic heterocycles.